The van der Waals surface area contributed by atoms with E-state index in [0.29, 0.717) is 39.0 Å². The predicted molar refractivity (Wildman–Crippen MR) is 126 cm³/mol. The van der Waals surface area contributed by atoms with E-state index in [4.69, 9.17) is 35.0 Å². The summed E-state index contributed by atoms with van der Waals surface area (Å²) in [6, 6.07) is 11.5. The van der Waals surface area contributed by atoms with Crippen LogP contribution in [0.15, 0.2) is 57.9 Å². The van der Waals surface area contributed by atoms with Crippen molar-refractivity contribution in [2.45, 2.75) is 12.3 Å². The average Bonchev–Trinajstić information content (AvgIpc) is 3.32. The van der Waals surface area contributed by atoms with Gasteiger partial charge in [0.25, 0.3) is 0 Å². The average molecular weight is 493 g/mol. The minimum Gasteiger partial charge on any atom is -0.507 e. The second kappa shape index (κ2) is 7.95. The van der Waals surface area contributed by atoms with Crippen molar-refractivity contribution in [3.63, 3.8) is 0 Å². The summed E-state index contributed by atoms with van der Waals surface area (Å²) in [5, 5.41) is 11.3. The third-order valence-corrected chi connectivity index (χ3v) is 6.46. The van der Waals surface area contributed by atoms with E-state index in [2.05, 4.69) is 0 Å². The number of hydrogen-bond donors (Lipinski definition) is 1. The van der Waals surface area contributed by atoms with Crippen molar-refractivity contribution in [3.8, 4) is 39.9 Å². The summed E-state index contributed by atoms with van der Waals surface area (Å²) >= 11 is 5.97. The number of rotatable bonds is 3. The number of halogens is 1. The van der Waals surface area contributed by atoms with E-state index < -0.39 is 17.3 Å². The molecule has 9 heteroatoms. The molecule has 8 nitrogen and oxygen atoms in total. The van der Waals surface area contributed by atoms with Crippen LogP contribution in [0, 0.1) is 0 Å². The summed E-state index contributed by atoms with van der Waals surface area (Å²) in [4.78, 5) is 25.9. The fraction of sp³-hybridized carbons (Fsp3) is 0.154. The molecule has 0 unspecified atom stereocenters. The smallest absolute Gasteiger partial charge is 0.312 e. The molecule has 6 rings (SSSR count). The van der Waals surface area contributed by atoms with Crippen LogP contribution in [0.5, 0.6) is 28.7 Å². The summed E-state index contributed by atoms with van der Waals surface area (Å²) in [5.74, 6) is 0.139. The van der Waals surface area contributed by atoms with Gasteiger partial charge in [-0.2, -0.15) is 0 Å². The van der Waals surface area contributed by atoms with Gasteiger partial charge in [0.1, 0.15) is 28.7 Å². The lowest BCUT2D eigenvalue weighted by Crippen LogP contribution is -2.22. The molecule has 35 heavy (non-hydrogen) atoms. The number of carbonyl (C=O) groups is 1. The van der Waals surface area contributed by atoms with Crippen LogP contribution in [0.25, 0.3) is 22.1 Å². The van der Waals surface area contributed by atoms with Gasteiger partial charge in [0, 0.05) is 22.6 Å². The van der Waals surface area contributed by atoms with E-state index in [1.54, 1.807) is 36.4 Å². The third-order valence-electron chi connectivity index (χ3n) is 6.21. The molecule has 2 aliphatic rings. The van der Waals surface area contributed by atoms with Crippen molar-refractivity contribution in [1.29, 1.82) is 0 Å². The zero-order chi connectivity index (χ0) is 24.3. The number of methoxy groups -OCH3 is 1. The van der Waals surface area contributed by atoms with Gasteiger partial charge in [0.15, 0.2) is 11.5 Å². The Morgan fingerprint density at radius 3 is 2.63 bits per heavy atom. The van der Waals surface area contributed by atoms with Crippen LogP contribution in [0.2, 0.25) is 5.02 Å². The highest BCUT2D eigenvalue weighted by atomic mass is 35.5. The fourth-order valence-electron chi connectivity index (χ4n) is 4.60. The zero-order valence-electron chi connectivity index (χ0n) is 18.3. The Bertz CT molecular complexity index is 1570. The molecule has 0 bridgehead atoms. The highest BCUT2D eigenvalue weighted by Gasteiger charge is 2.35. The van der Waals surface area contributed by atoms with Gasteiger partial charge in [0.2, 0.25) is 18.0 Å². The van der Waals surface area contributed by atoms with E-state index >= 15 is 0 Å². The predicted octanol–water partition coefficient (Wildman–Crippen LogP) is 5.00. The summed E-state index contributed by atoms with van der Waals surface area (Å²) in [6.07, 6.45) is 1.32. The molecule has 3 heterocycles. The molecular weight excluding hydrogens is 476 g/mol. The van der Waals surface area contributed by atoms with Crippen molar-refractivity contribution in [1.82, 2.24) is 0 Å². The van der Waals surface area contributed by atoms with Gasteiger partial charge in [-0.25, -0.2) is 0 Å². The Hall–Kier alpha value is -4.17. The van der Waals surface area contributed by atoms with Crippen LogP contribution in [0.1, 0.15) is 23.5 Å². The number of hydrogen-bond acceptors (Lipinski definition) is 8. The third kappa shape index (κ3) is 3.37. The number of ether oxygens (including phenoxy) is 4. The largest absolute Gasteiger partial charge is 0.507 e. The Morgan fingerprint density at radius 1 is 1.06 bits per heavy atom. The maximum absolute atomic E-state index is 13.5. The molecule has 0 fully saturated rings. The van der Waals surface area contributed by atoms with Crippen LogP contribution in [-0.4, -0.2) is 25.0 Å². The normalized spacial score (nSPS) is 16.2. The number of phenols is 1. The van der Waals surface area contributed by atoms with E-state index in [1.165, 1.54) is 19.4 Å². The summed E-state index contributed by atoms with van der Waals surface area (Å²) < 4.78 is 27.9. The molecule has 3 aromatic carbocycles. The molecule has 0 spiro atoms. The maximum atomic E-state index is 13.5. The van der Waals surface area contributed by atoms with Gasteiger partial charge >= 0.3 is 5.97 Å². The van der Waals surface area contributed by atoms with Gasteiger partial charge in [-0.3, -0.25) is 9.59 Å². The fourth-order valence-corrected chi connectivity index (χ4v) is 4.72. The molecule has 0 aliphatic carbocycles. The molecule has 4 aromatic rings. The maximum Gasteiger partial charge on any atom is 0.312 e. The quantitative estimate of drug-likeness (QED) is 0.315. The molecule has 0 saturated carbocycles. The Balaban J connectivity index is 1.59. The van der Waals surface area contributed by atoms with Gasteiger partial charge in [-0.05, 0) is 35.4 Å². The van der Waals surface area contributed by atoms with E-state index in [9.17, 15) is 14.7 Å². The Kier molecular flexibility index (Phi) is 4.86. The molecule has 1 N–H and O–H groups in total. The second-order valence-electron chi connectivity index (χ2n) is 8.18. The second-order valence-corrected chi connectivity index (χ2v) is 8.62. The van der Waals surface area contributed by atoms with E-state index in [1.807, 2.05) is 0 Å². The van der Waals surface area contributed by atoms with E-state index in [0.717, 1.165) is 0 Å². The molecule has 0 radical (unpaired) electrons. The van der Waals surface area contributed by atoms with Crippen molar-refractivity contribution >= 4 is 28.5 Å². The number of carbonyl (C=O) groups excluding carboxylic acids is 1. The number of phenolic OH excluding ortho intramolecular Hbond substituents is 1. The van der Waals surface area contributed by atoms with Crippen molar-refractivity contribution in [2.75, 3.05) is 13.9 Å². The Morgan fingerprint density at radius 2 is 1.86 bits per heavy atom. The summed E-state index contributed by atoms with van der Waals surface area (Å²) in [5.41, 5.74) is 1.72. The van der Waals surface area contributed by atoms with Crippen molar-refractivity contribution in [2.24, 2.45) is 0 Å². The SMILES string of the molecule is COc1cc([C@H]2CC(=O)Oc3cc(O)c4c(=O)c(-c5ccc(Cl)cc5)coc4c32)cc2c1OCO2. The molecule has 0 amide bonds. The first-order valence-electron chi connectivity index (χ1n) is 10.7. The highest BCUT2D eigenvalue weighted by Crippen LogP contribution is 2.49. The molecule has 2 aliphatic heterocycles. The van der Waals surface area contributed by atoms with Crippen LogP contribution < -0.4 is 24.4 Å². The number of aromatic hydroxyl groups is 1. The molecule has 176 valence electrons. The number of benzene rings is 3. The van der Waals surface area contributed by atoms with Gasteiger partial charge in [-0.15, -0.1) is 0 Å². The minimum atomic E-state index is -0.553. The minimum absolute atomic E-state index is 0.00754. The molecule has 1 aromatic heterocycles. The highest BCUT2D eigenvalue weighted by molar-refractivity contribution is 6.30. The molecule has 1 atom stereocenters. The first-order chi connectivity index (χ1) is 16.9. The lowest BCUT2D eigenvalue weighted by Gasteiger charge is -2.26. The van der Waals surface area contributed by atoms with Crippen molar-refractivity contribution in [3.05, 3.63) is 75.1 Å². The van der Waals surface area contributed by atoms with Crippen LogP contribution in [0.3, 0.4) is 0 Å². The monoisotopic (exact) mass is 492 g/mol. The summed E-state index contributed by atoms with van der Waals surface area (Å²) in [6.45, 7) is 0.0532. The zero-order valence-corrected chi connectivity index (χ0v) is 19.0. The van der Waals surface area contributed by atoms with E-state index in [-0.39, 0.29) is 41.2 Å². The lowest BCUT2D eigenvalue weighted by atomic mass is 9.84. The molecular formula is C26H17ClO8. The Labute approximate surface area is 203 Å². The standard InChI is InChI=1S/C26H17ClO8/c1-31-19-6-13(7-20-25(19)34-11-33-20)15-8-21(29)35-18-9-17(28)23-24(30)16(10-32-26(23)22(15)18)12-2-4-14(27)5-3-12/h2-7,9-10,15,28H,8,11H2,1H3/t15-/m1/s1. The topological polar surface area (TPSA) is 104 Å². The van der Waals surface area contributed by atoms with Crippen LogP contribution >= 0.6 is 11.6 Å². The number of fused-ring (bicyclic) bond motifs is 4. The van der Waals surface area contributed by atoms with Crippen molar-refractivity contribution < 1.29 is 33.3 Å². The first kappa shape index (κ1) is 21.4. The molecule has 0 saturated heterocycles. The van der Waals surface area contributed by atoms with Crippen LogP contribution in [-0.2, 0) is 4.79 Å². The summed E-state index contributed by atoms with van der Waals surface area (Å²) in [7, 11) is 1.51. The van der Waals surface area contributed by atoms with Crippen LogP contribution in [0.4, 0.5) is 0 Å². The van der Waals surface area contributed by atoms with Gasteiger partial charge in [-0.1, -0.05) is 23.7 Å². The lowest BCUT2D eigenvalue weighted by molar-refractivity contribution is -0.135. The first-order valence-corrected chi connectivity index (χ1v) is 11.1. The van der Waals surface area contributed by atoms with Gasteiger partial charge in [0.05, 0.1) is 19.1 Å². The van der Waals surface area contributed by atoms with Gasteiger partial charge < -0.3 is 28.5 Å². The number of esters is 1.